The van der Waals surface area contributed by atoms with Gasteiger partial charge in [0.1, 0.15) is 0 Å². The number of alkyl halides is 2. The quantitative estimate of drug-likeness (QED) is 0.419. The predicted molar refractivity (Wildman–Crippen MR) is 83.2 cm³/mol. The number of carbonyl (C=O) groups is 1. The van der Waals surface area contributed by atoms with Gasteiger partial charge in [-0.25, -0.2) is 0 Å². The minimum absolute atomic E-state index is 0.0451. The van der Waals surface area contributed by atoms with Crippen LogP contribution in [0.25, 0.3) is 0 Å². The van der Waals surface area contributed by atoms with E-state index < -0.39 is 11.8 Å². The van der Waals surface area contributed by atoms with Gasteiger partial charge in [-0.05, 0) is 30.7 Å². The summed E-state index contributed by atoms with van der Waals surface area (Å²) in [5.41, 5.74) is 1.43. The Morgan fingerprint density at radius 1 is 1.30 bits per heavy atom. The third-order valence-electron chi connectivity index (χ3n) is 3.54. The van der Waals surface area contributed by atoms with Crippen LogP contribution in [0.3, 0.4) is 0 Å². The first-order valence-corrected chi connectivity index (χ1v) is 7.73. The first-order valence-electron chi connectivity index (χ1n) is 6.65. The molecule has 0 spiro atoms. The Balaban J connectivity index is 2.13. The Kier molecular flexibility index (Phi) is 5.14. The van der Waals surface area contributed by atoms with Gasteiger partial charge in [-0.2, -0.15) is 8.78 Å². The van der Waals surface area contributed by atoms with E-state index in [-0.39, 0.29) is 3.79 Å². The highest BCUT2D eigenvalue weighted by molar-refractivity contribution is 14.1. The van der Waals surface area contributed by atoms with Gasteiger partial charge in [0.15, 0.2) is 0 Å². The molecule has 1 aromatic rings. The Bertz CT molecular complexity index is 540. The van der Waals surface area contributed by atoms with E-state index in [2.05, 4.69) is 11.8 Å². The first kappa shape index (κ1) is 15.4. The van der Waals surface area contributed by atoms with Crippen molar-refractivity contribution in [1.82, 2.24) is 0 Å². The molecule has 0 amide bonds. The summed E-state index contributed by atoms with van der Waals surface area (Å²) >= 11 is 1.71. The van der Waals surface area contributed by atoms with E-state index in [0.717, 1.165) is 18.4 Å². The first-order chi connectivity index (χ1) is 9.49. The van der Waals surface area contributed by atoms with Gasteiger partial charge < -0.3 is 0 Å². The van der Waals surface area contributed by atoms with Crippen molar-refractivity contribution in [3.8, 4) is 11.8 Å². The van der Waals surface area contributed by atoms with E-state index in [4.69, 9.17) is 0 Å². The van der Waals surface area contributed by atoms with Crippen molar-refractivity contribution in [2.75, 3.05) is 0 Å². The molecule has 0 saturated heterocycles. The summed E-state index contributed by atoms with van der Waals surface area (Å²) in [6.45, 7) is 0. The highest BCUT2D eigenvalue weighted by atomic mass is 127. The molecule has 4 heteroatoms. The summed E-state index contributed by atoms with van der Waals surface area (Å²) < 4.78 is 27.9. The number of hydrogen-bond donors (Lipinski definition) is 0. The molecule has 0 aliphatic heterocycles. The minimum atomic E-state index is -2.92. The molecule has 1 nitrogen and oxygen atoms in total. The highest BCUT2D eigenvalue weighted by Crippen LogP contribution is 2.32. The molecule has 0 fully saturated rings. The molecule has 0 heterocycles. The molecule has 1 aromatic carbocycles. The van der Waals surface area contributed by atoms with Gasteiger partial charge in [0.05, 0.1) is 0 Å². The van der Waals surface area contributed by atoms with Crippen LogP contribution in [0.5, 0.6) is 0 Å². The fourth-order valence-electron chi connectivity index (χ4n) is 2.35. The van der Waals surface area contributed by atoms with Crippen molar-refractivity contribution in [3.05, 3.63) is 35.4 Å². The fourth-order valence-corrected chi connectivity index (χ4v) is 2.71. The van der Waals surface area contributed by atoms with Gasteiger partial charge in [0.2, 0.25) is 3.79 Å². The maximum absolute atomic E-state index is 14.0. The molecule has 0 saturated carbocycles. The van der Waals surface area contributed by atoms with Gasteiger partial charge in [0, 0.05) is 40.5 Å². The average molecular weight is 388 g/mol. The van der Waals surface area contributed by atoms with Gasteiger partial charge in [-0.15, -0.1) is 0 Å². The Labute approximate surface area is 131 Å². The lowest BCUT2D eigenvalue weighted by Crippen LogP contribution is -2.29. The largest absolute Gasteiger partial charge is 0.311 e. The summed E-state index contributed by atoms with van der Waals surface area (Å²) in [6, 6.07) is 6.90. The Hall–Kier alpha value is -0.960. The number of rotatable bonds is 3. The van der Waals surface area contributed by atoms with Crippen molar-refractivity contribution in [1.29, 1.82) is 0 Å². The van der Waals surface area contributed by atoms with Crippen LogP contribution < -0.4 is 0 Å². The Morgan fingerprint density at radius 2 is 2.00 bits per heavy atom. The molecule has 1 atom stereocenters. The molecule has 20 heavy (non-hydrogen) atoms. The second kappa shape index (κ2) is 6.66. The van der Waals surface area contributed by atoms with Crippen LogP contribution in [0.2, 0.25) is 0 Å². The second-order valence-corrected chi connectivity index (χ2v) is 6.02. The number of halogens is 3. The van der Waals surface area contributed by atoms with E-state index in [1.165, 1.54) is 0 Å². The molecule has 1 aliphatic rings. The second-order valence-electron chi connectivity index (χ2n) is 5.04. The van der Waals surface area contributed by atoms with Crippen molar-refractivity contribution >= 4 is 26.4 Å². The number of carbonyl (C=O) groups excluding carboxylic acids is 1. The Morgan fingerprint density at radius 3 is 2.65 bits per heavy atom. The van der Waals surface area contributed by atoms with Crippen LogP contribution in [0.1, 0.15) is 41.6 Å². The van der Waals surface area contributed by atoms with Gasteiger partial charge >= 0.3 is 5.92 Å². The summed E-state index contributed by atoms with van der Waals surface area (Å²) in [4.78, 5) is 11.2. The average Bonchev–Trinajstić information content (AvgIpc) is 2.40. The normalized spacial score (nSPS) is 21.2. The van der Waals surface area contributed by atoms with Crippen LogP contribution in [0, 0.1) is 17.8 Å². The van der Waals surface area contributed by atoms with E-state index in [9.17, 15) is 13.6 Å². The summed E-state index contributed by atoms with van der Waals surface area (Å²) in [5, 5.41) is 0. The third kappa shape index (κ3) is 4.02. The highest BCUT2D eigenvalue weighted by Gasteiger charge is 2.37. The SMILES string of the molecule is O=C(I)c1ccc(CC2CCCCC#CC2(F)F)cc1. The molecule has 1 aliphatic carbocycles. The summed E-state index contributed by atoms with van der Waals surface area (Å²) in [5.74, 6) is 1.04. The maximum atomic E-state index is 14.0. The van der Waals surface area contributed by atoms with E-state index in [1.807, 2.05) is 0 Å². The standard InChI is InChI=1S/C16H15F2IO/c17-16(18)10-4-2-1-3-5-14(16)11-12-6-8-13(9-7-12)15(19)20/h6-9,14H,1-3,5,11H2. The van der Waals surface area contributed by atoms with Gasteiger partial charge in [-0.3, -0.25) is 4.79 Å². The molecular weight excluding hydrogens is 373 g/mol. The van der Waals surface area contributed by atoms with Crippen LogP contribution in [0.15, 0.2) is 24.3 Å². The van der Waals surface area contributed by atoms with Crippen LogP contribution in [0.4, 0.5) is 8.78 Å². The zero-order valence-electron chi connectivity index (χ0n) is 11.0. The van der Waals surface area contributed by atoms with E-state index >= 15 is 0 Å². The third-order valence-corrected chi connectivity index (χ3v) is 4.16. The van der Waals surface area contributed by atoms with Crippen LogP contribution in [-0.4, -0.2) is 9.71 Å². The molecule has 0 bridgehead atoms. The fraction of sp³-hybridized carbons (Fsp3) is 0.438. The molecule has 0 radical (unpaired) electrons. The van der Waals surface area contributed by atoms with Crippen molar-refractivity contribution in [2.45, 2.75) is 38.0 Å². The van der Waals surface area contributed by atoms with Gasteiger partial charge in [0.25, 0.3) is 0 Å². The van der Waals surface area contributed by atoms with Crippen molar-refractivity contribution in [3.63, 3.8) is 0 Å². The molecular formula is C16H15F2IO. The molecule has 0 aromatic heterocycles. The predicted octanol–water partition coefficient (Wildman–Crippen LogP) is 4.63. The number of benzene rings is 1. The lowest BCUT2D eigenvalue weighted by Gasteiger charge is -2.24. The minimum Gasteiger partial charge on any atom is -0.282 e. The number of hydrogen-bond acceptors (Lipinski definition) is 1. The molecule has 106 valence electrons. The topological polar surface area (TPSA) is 17.1 Å². The summed E-state index contributed by atoms with van der Waals surface area (Å²) in [6.07, 6.45) is 3.04. The summed E-state index contributed by atoms with van der Waals surface area (Å²) in [7, 11) is 0. The smallest absolute Gasteiger partial charge is 0.282 e. The van der Waals surface area contributed by atoms with Crippen LogP contribution in [-0.2, 0) is 6.42 Å². The van der Waals surface area contributed by atoms with E-state index in [1.54, 1.807) is 46.9 Å². The lowest BCUT2D eigenvalue weighted by molar-refractivity contribution is -0.00442. The molecule has 2 rings (SSSR count). The van der Waals surface area contributed by atoms with E-state index in [0.29, 0.717) is 24.8 Å². The molecule has 1 unspecified atom stereocenters. The maximum Gasteiger partial charge on any atom is 0.311 e. The lowest BCUT2D eigenvalue weighted by atomic mass is 9.87. The van der Waals surface area contributed by atoms with Crippen molar-refractivity contribution in [2.24, 2.45) is 5.92 Å². The molecule has 0 N–H and O–H groups in total. The van der Waals surface area contributed by atoms with Crippen molar-refractivity contribution < 1.29 is 13.6 Å². The zero-order valence-corrected chi connectivity index (χ0v) is 13.1. The zero-order chi connectivity index (χ0) is 14.6. The van der Waals surface area contributed by atoms with Gasteiger partial charge in [-0.1, -0.05) is 36.6 Å². The monoisotopic (exact) mass is 388 g/mol. The van der Waals surface area contributed by atoms with Crippen LogP contribution >= 0.6 is 22.6 Å².